The Morgan fingerprint density at radius 3 is 1.36 bits per heavy atom. The molecule has 12 aromatic carbocycles. The largest absolute Gasteiger partial charge is 0.455 e. The first-order chi connectivity index (χ1) is 37.2. The molecule has 1 aliphatic rings. The van der Waals surface area contributed by atoms with Gasteiger partial charge in [0, 0.05) is 50.0 Å². The first-order valence-electron chi connectivity index (χ1n) is 25.7. The van der Waals surface area contributed by atoms with Crippen LogP contribution in [0.2, 0.25) is 0 Å². The molecule has 0 amide bonds. The maximum Gasteiger partial charge on any atom is 0.160 e. The fourth-order valence-electron chi connectivity index (χ4n) is 12.3. The third-order valence-electron chi connectivity index (χ3n) is 15.5. The summed E-state index contributed by atoms with van der Waals surface area (Å²) in [5.74, 6) is 0. The van der Waals surface area contributed by atoms with Crippen LogP contribution in [0.5, 0.6) is 0 Å². The molecule has 0 unspecified atom stereocenters. The smallest absolute Gasteiger partial charge is 0.160 e. The maximum atomic E-state index is 7.45. The first-order valence-corrected chi connectivity index (χ1v) is 25.7. The summed E-state index contributed by atoms with van der Waals surface area (Å²) in [7, 11) is 0. The molecule has 1 aliphatic carbocycles. The van der Waals surface area contributed by atoms with Gasteiger partial charge in [0.2, 0.25) is 0 Å². The lowest BCUT2D eigenvalue weighted by Gasteiger charge is -2.36. The number of fused-ring (bicyclic) bond motifs is 12. The summed E-state index contributed by atoms with van der Waals surface area (Å²) < 4.78 is 14.8. The molecule has 4 nitrogen and oxygen atoms in total. The van der Waals surface area contributed by atoms with Crippen molar-refractivity contribution in [1.82, 2.24) is 0 Å². The second-order valence-electron chi connectivity index (χ2n) is 19.5. The van der Waals surface area contributed by atoms with Gasteiger partial charge in [0.1, 0.15) is 16.7 Å². The van der Waals surface area contributed by atoms with E-state index in [2.05, 4.69) is 289 Å². The van der Waals surface area contributed by atoms with E-state index in [0.717, 1.165) is 122 Å². The highest BCUT2D eigenvalue weighted by molar-refractivity contribution is 6.26. The van der Waals surface area contributed by atoms with E-state index in [4.69, 9.17) is 8.83 Å². The van der Waals surface area contributed by atoms with Crippen LogP contribution in [-0.4, -0.2) is 0 Å². The van der Waals surface area contributed by atoms with Gasteiger partial charge in [-0.25, -0.2) is 0 Å². The van der Waals surface area contributed by atoms with E-state index in [1.807, 2.05) is 0 Å². The zero-order chi connectivity index (χ0) is 49.5. The summed E-state index contributed by atoms with van der Waals surface area (Å²) in [6.07, 6.45) is 0. The highest BCUT2D eigenvalue weighted by atomic mass is 16.3. The molecule has 352 valence electrons. The molecule has 15 rings (SSSR count). The SMILES string of the molecule is c1ccc(-c2ccc(N(c3ccc4ccccc4c3)c3cc4c(c5c3oc3ccccc35)-c3c(cc(N(c5ccccc5)c5ccccc5)c5c3oc3ccccc35)C4(c3ccccc3)c3ccccc3)cc2)cc1. The lowest BCUT2D eigenvalue weighted by Crippen LogP contribution is -2.29. The Labute approximate surface area is 434 Å². The van der Waals surface area contributed by atoms with Crippen molar-refractivity contribution in [3.05, 3.63) is 301 Å². The fraction of sp³-hybridized carbons (Fsp3) is 0.0141. The number of benzene rings is 12. The van der Waals surface area contributed by atoms with Gasteiger partial charge < -0.3 is 18.6 Å². The number of anilines is 6. The molecular weight excluding hydrogens is 913 g/mol. The van der Waals surface area contributed by atoms with Gasteiger partial charge in [-0.3, -0.25) is 0 Å². The summed E-state index contributed by atoms with van der Waals surface area (Å²) in [6.45, 7) is 0. The van der Waals surface area contributed by atoms with E-state index in [0.29, 0.717) is 0 Å². The molecule has 2 heterocycles. The van der Waals surface area contributed by atoms with Gasteiger partial charge in [0.25, 0.3) is 0 Å². The molecule has 0 fully saturated rings. The van der Waals surface area contributed by atoms with Crippen LogP contribution in [0, 0.1) is 0 Å². The second-order valence-corrected chi connectivity index (χ2v) is 19.5. The normalized spacial score (nSPS) is 12.6. The van der Waals surface area contributed by atoms with Crippen molar-refractivity contribution in [3.8, 4) is 22.3 Å². The summed E-state index contributed by atoms with van der Waals surface area (Å²) in [5.41, 5.74) is 17.5. The predicted octanol–water partition coefficient (Wildman–Crippen LogP) is 19.6. The van der Waals surface area contributed by atoms with E-state index >= 15 is 0 Å². The quantitative estimate of drug-likeness (QED) is 0.144. The highest BCUT2D eigenvalue weighted by Crippen LogP contribution is 2.64. The Morgan fingerprint density at radius 2 is 0.733 bits per heavy atom. The number of para-hydroxylation sites is 4. The topological polar surface area (TPSA) is 32.8 Å². The third-order valence-corrected chi connectivity index (χ3v) is 15.5. The summed E-state index contributed by atoms with van der Waals surface area (Å²) >= 11 is 0. The van der Waals surface area contributed by atoms with Crippen LogP contribution in [-0.2, 0) is 5.41 Å². The first kappa shape index (κ1) is 42.8. The van der Waals surface area contributed by atoms with Crippen LogP contribution in [0.1, 0.15) is 22.3 Å². The summed E-state index contributed by atoms with van der Waals surface area (Å²) in [5, 5.41) is 6.50. The molecule has 0 N–H and O–H groups in total. The van der Waals surface area contributed by atoms with Crippen molar-refractivity contribution in [2.45, 2.75) is 5.41 Å². The van der Waals surface area contributed by atoms with Gasteiger partial charge >= 0.3 is 0 Å². The highest BCUT2D eigenvalue weighted by Gasteiger charge is 2.50. The van der Waals surface area contributed by atoms with Gasteiger partial charge in [0.05, 0.1) is 22.2 Å². The average molecular weight is 959 g/mol. The van der Waals surface area contributed by atoms with Crippen LogP contribution < -0.4 is 9.80 Å². The molecule has 0 atom stereocenters. The van der Waals surface area contributed by atoms with Crippen molar-refractivity contribution in [2.75, 3.05) is 9.80 Å². The van der Waals surface area contributed by atoms with E-state index in [1.165, 1.54) is 10.9 Å². The van der Waals surface area contributed by atoms with Crippen LogP contribution in [0.25, 0.3) is 76.9 Å². The molecule has 0 aliphatic heterocycles. The summed E-state index contributed by atoms with van der Waals surface area (Å²) in [6, 6.07) is 101. The number of hydrogen-bond acceptors (Lipinski definition) is 4. The molecule has 0 bridgehead atoms. The van der Waals surface area contributed by atoms with Gasteiger partial charge in [-0.2, -0.15) is 0 Å². The van der Waals surface area contributed by atoms with Crippen LogP contribution in [0.3, 0.4) is 0 Å². The Hall–Kier alpha value is -9.90. The van der Waals surface area contributed by atoms with Crippen LogP contribution >= 0.6 is 0 Å². The molecular formula is C71H46N2O2. The average Bonchev–Trinajstić information content (AvgIpc) is 4.36. The Balaban J connectivity index is 1.13. The molecule has 14 aromatic rings. The van der Waals surface area contributed by atoms with Crippen molar-refractivity contribution in [1.29, 1.82) is 0 Å². The van der Waals surface area contributed by atoms with Crippen molar-refractivity contribution < 1.29 is 8.83 Å². The molecule has 0 radical (unpaired) electrons. The van der Waals surface area contributed by atoms with Gasteiger partial charge in [-0.1, -0.05) is 206 Å². The Morgan fingerprint density at radius 1 is 0.293 bits per heavy atom. The van der Waals surface area contributed by atoms with E-state index in [9.17, 15) is 0 Å². The minimum Gasteiger partial charge on any atom is -0.455 e. The Bertz CT molecular complexity index is 4370. The molecule has 2 aromatic heterocycles. The van der Waals surface area contributed by atoms with Crippen molar-refractivity contribution in [3.63, 3.8) is 0 Å². The van der Waals surface area contributed by atoms with E-state index < -0.39 is 5.41 Å². The third kappa shape index (κ3) is 6.56. The van der Waals surface area contributed by atoms with Crippen molar-refractivity contribution >= 4 is 88.8 Å². The molecule has 0 spiro atoms. The van der Waals surface area contributed by atoms with Gasteiger partial charge in [-0.15, -0.1) is 0 Å². The van der Waals surface area contributed by atoms with Crippen molar-refractivity contribution in [2.24, 2.45) is 0 Å². The predicted molar refractivity (Wildman–Crippen MR) is 311 cm³/mol. The van der Waals surface area contributed by atoms with Crippen LogP contribution in [0.15, 0.2) is 288 Å². The van der Waals surface area contributed by atoms with Gasteiger partial charge in [-0.05, 0) is 117 Å². The monoisotopic (exact) mass is 958 g/mol. The number of furan rings is 2. The zero-order valence-electron chi connectivity index (χ0n) is 40.8. The van der Waals surface area contributed by atoms with E-state index in [1.54, 1.807) is 0 Å². The molecule has 0 saturated heterocycles. The fourth-order valence-corrected chi connectivity index (χ4v) is 12.3. The number of hydrogen-bond donors (Lipinski definition) is 0. The lowest BCUT2D eigenvalue weighted by molar-refractivity contribution is 0.668. The van der Waals surface area contributed by atoms with E-state index in [-0.39, 0.29) is 0 Å². The van der Waals surface area contributed by atoms with Crippen LogP contribution in [0.4, 0.5) is 34.1 Å². The molecule has 4 heteroatoms. The van der Waals surface area contributed by atoms with Gasteiger partial charge in [0.15, 0.2) is 5.58 Å². The second kappa shape index (κ2) is 17.1. The molecule has 0 saturated carbocycles. The number of nitrogens with zero attached hydrogens (tertiary/aromatic N) is 2. The summed E-state index contributed by atoms with van der Waals surface area (Å²) in [4.78, 5) is 4.81. The minimum atomic E-state index is -0.873. The maximum absolute atomic E-state index is 7.45. The minimum absolute atomic E-state index is 0.793. The standard InChI is InChI=1S/C71H46N2O2/c1-6-22-47(23-7-1)49-38-41-55(42-39-49)73(56-43-40-48-24-16-17-25-50(48)44-56)62-46-59-67(66-58-35-19-21-37-64(58)74-69(62)66)68-60(71(59,51-26-8-2-9-27-51)52-28-10-3-11-29-52)45-61(65-57-34-18-20-36-63(57)75-70(65)68)72(53-30-12-4-13-31-53)54-32-14-5-15-33-54/h1-46H. The number of rotatable bonds is 9. The molecule has 75 heavy (non-hydrogen) atoms. The zero-order valence-corrected chi connectivity index (χ0v) is 40.8. The lowest BCUT2D eigenvalue weighted by atomic mass is 9.67. The Kier molecular flexibility index (Phi) is 9.76.